The van der Waals surface area contributed by atoms with Crippen molar-refractivity contribution in [2.75, 3.05) is 23.7 Å². The summed E-state index contributed by atoms with van der Waals surface area (Å²) in [4.78, 5) is 19.4. The van der Waals surface area contributed by atoms with Gasteiger partial charge in [0, 0.05) is 31.9 Å². The molecule has 2 N–H and O–H groups in total. The molecule has 1 aliphatic heterocycles. The maximum absolute atomic E-state index is 5.80. The molecule has 3 heterocycles. The zero-order chi connectivity index (χ0) is 13.2. The normalized spacial score (nSPS) is 15.1. The summed E-state index contributed by atoms with van der Waals surface area (Å²) in [6.07, 6.45) is 6.76. The molecule has 0 saturated carbocycles. The molecule has 19 heavy (non-hydrogen) atoms. The van der Waals surface area contributed by atoms with Crippen molar-refractivity contribution in [3.63, 3.8) is 0 Å². The van der Waals surface area contributed by atoms with Gasteiger partial charge in [-0.2, -0.15) is 15.0 Å². The summed E-state index contributed by atoms with van der Waals surface area (Å²) in [5.41, 5.74) is 5.80. The van der Waals surface area contributed by atoms with Crippen molar-refractivity contribution in [1.82, 2.24) is 24.5 Å². The van der Waals surface area contributed by atoms with Gasteiger partial charge < -0.3 is 10.6 Å². The SMILES string of the molecule is CCc1nccn1-c1nc(N)nc(N2CCCC2)n1. The first-order valence-corrected chi connectivity index (χ1v) is 6.57. The largest absolute Gasteiger partial charge is 0.368 e. The topological polar surface area (TPSA) is 85.8 Å². The van der Waals surface area contributed by atoms with E-state index >= 15 is 0 Å². The Labute approximate surface area is 111 Å². The van der Waals surface area contributed by atoms with Crippen LogP contribution in [0.25, 0.3) is 5.95 Å². The van der Waals surface area contributed by atoms with E-state index in [0.29, 0.717) is 11.9 Å². The van der Waals surface area contributed by atoms with E-state index in [1.54, 1.807) is 6.20 Å². The van der Waals surface area contributed by atoms with E-state index in [0.717, 1.165) is 25.3 Å². The average Bonchev–Trinajstić information content (AvgIpc) is 3.09. The summed E-state index contributed by atoms with van der Waals surface area (Å²) in [5.74, 6) is 2.38. The standard InChI is InChI=1S/C12H17N7/c1-2-9-14-5-8-19(9)12-16-10(13)15-11(17-12)18-6-3-4-7-18/h5,8H,2-4,6-7H2,1H3,(H2,13,15,16,17). The Morgan fingerprint density at radius 1 is 1.16 bits per heavy atom. The Morgan fingerprint density at radius 3 is 2.63 bits per heavy atom. The van der Waals surface area contributed by atoms with Crippen molar-refractivity contribution in [3.05, 3.63) is 18.2 Å². The Morgan fingerprint density at radius 2 is 1.89 bits per heavy atom. The van der Waals surface area contributed by atoms with Gasteiger partial charge in [0.2, 0.25) is 17.8 Å². The number of hydrogen-bond acceptors (Lipinski definition) is 6. The highest BCUT2D eigenvalue weighted by Crippen LogP contribution is 2.18. The fourth-order valence-electron chi connectivity index (χ4n) is 2.31. The Bertz CT molecular complexity index is 571. The molecule has 1 saturated heterocycles. The van der Waals surface area contributed by atoms with Crippen LogP contribution in [-0.4, -0.2) is 37.6 Å². The highest BCUT2D eigenvalue weighted by atomic mass is 15.3. The minimum Gasteiger partial charge on any atom is -0.368 e. The molecule has 2 aromatic rings. The molecule has 3 rings (SSSR count). The molecule has 7 heteroatoms. The lowest BCUT2D eigenvalue weighted by Gasteiger charge is -2.16. The fraction of sp³-hybridized carbons (Fsp3) is 0.500. The molecule has 0 aromatic carbocycles. The van der Waals surface area contributed by atoms with Gasteiger partial charge in [0.05, 0.1) is 0 Å². The zero-order valence-electron chi connectivity index (χ0n) is 11.0. The predicted octanol–water partition coefficient (Wildman–Crippen LogP) is 0.802. The molecule has 1 fully saturated rings. The third kappa shape index (κ3) is 2.23. The Kier molecular flexibility index (Phi) is 3.02. The lowest BCUT2D eigenvalue weighted by atomic mass is 10.4. The monoisotopic (exact) mass is 259 g/mol. The van der Waals surface area contributed by atoms with Gasteiger partial charge in [-0.3, -0.25) is 4.57 Å². The lowest BCUT2D eigenvalue weighted by Crippen LogP contribution is -2.22. The number of anilines is 2. The summed E-state index contributed by atoms with van der Waals surface area (Å²) < 4.78 is 1.86. The van der Waals surface area contributed by atoms with Crippen LogP contribution in [0.5, 0.6) is 0 Å². The van der Waals surface area contributed by atoms with Crippen LogP contribution >= 0.6 is 0 Å². The highest BCUT2D eigenvalue weighted by Gasteiger charge is 2.17. The smallest absolute Gasteiger partial charge is 0.241 e. The molecule has 0 unspecified atom stereocenters. The first-order chi connectivity index (χ1) is 9.28. The van der Waals surface area contributed by atoms with Crippen molar-refractivity contribution in [2.45, 2.75) is 26.2 Å². The number of nitrogens with zero attached hydrogens (tertiary/aromatic N) is 6. The van der Waals surface area contributed by atoms with E-state index in [4.69, 9.17) is 5.73 Å². The average molecular weight is 259 g/mol. The van der Waals surface area contributed by atoms with Crippen LogP contribution in [0, 0.1) is 0 Å². The molecule has 0 amide bonds. The molecule has 0 bridgehead atoms. The molecule has 0 spiro atoms. The second-order valence-corrected chi connectivity index (χ2v) is 4.55. The zero-order valence-corrected chi connectivity index (χ0v) is 11.0. The van der Waals surface area contributed by atoms with Crippen LogP contribution < -0.4 is 10.6 Å². The highest BCUT2D eigenvalue weighted by molar-refractivity contribution is 5.39. The van der Waals surface area contributed by atoms with Crippen LogP contribution in [0.1, 0.15) is 25.6 Å². The Hall–Kier alpha value is -2.18. The van der Waals surface area contributed by atoms with E-state index in [-0.39, 0.29) is 5.95 Å². The van der Waals surface area contributed by atoms with Crippen molar-refractivity contribution in [3.8, 4) is 5.95 Å². The van der Waals surface area contributed by atoms with Crippen LogP contribution in [0.3, 0.4) is 0 Å². The van der Waals surface area contributed by atoms with Gasteiger partial charge in [0.25, 0.3) is 0 Å². The molecule has 0 aliphatic carbocycles. The summed E-state index contributed by atoms with van der Waals surface area (Å²) in [7, 11) is 0. The number of nitrogen functional groups attached to an aromatic ring is 1. The lowest BCUT2D eigenvalue weighted by molar-refractivity contribution is 0.806. The van der Waals surface area contributed by atoms with E-state index < -0.39 is 0 Å². The van der Waals surface area contributed by atoms with Gasteiger partial charge in [0.1, 0.15) is 5.82 Å². The minimum atomic E-state index is 0.252. The van der Waals surface area contributed by atoms with E-state index in [9.17, 15) is 0 Å². The maximum Gasteiger partial charge on any atom is 0.241 e. The van der Waals surface area contributed by atoms with E-state index in [1.165, 1.54) is 12.8 Å². The summed E-state index contributed by atoms with van der Waals surface area (Å²) in [6, 6.07) is 0. The molecule has 0 radical (unpaired) electrons. The number of imidazole rings is 1. The van der Waals surface area contributed by atoms with E-state index in [2.05, 4.69) is 24.8 Å². The number of aryl methyl sites for hydroxylation is 1. The third-order valence-corrected chi connectivity index (χ3v) is 3.27. The second-order valence-electron chi connectivity index (χ2n) is 4.55. The molecular weight excluding hydrogens is 242 g/mol. The van der Waals surface area contributed by atoms with Crippen LogP contribution in [-0.2, 0) is 6.42 Å². The minimum absolute atomic E-state index is 0.252. The molecule has 7 nitrogen and oxygen atoms in total. The third-order valence-electron chi connectivity index (χ3n) is 3.27. The summed E-state index contributed by atoms with van der Waals surface area (Å²) >= 11 is 0. The summed E-state index contributed by atoms with van der Waals surface area (Å²) in [6.45, 7) is 4.01. The van der Waals surface area contributed by atoms with Crippen LogP contribution in [0.4, 0.5) is 11.9 Å². The van der Waals surface area contributed by atoms with Gasteiger partial charge in [-0.15, -0.1) is 0 Å². The molecule has 0 atom stereocenters. The molecule has 2 aromatic heterocycles. The van der Waals surface area contributed by atoms with Crippen molar-refractivity contribution in [2.24, 2.45) is 0 Å². The van der Waals surface area contributed by atoms with Crippen LogP contribution in [0.15, 0.2) is 12.4 Å². The first-order valence-electron chi connectivity index (χ1n) is 6.57. The van der Waals surface area contributed by atoms with Gasteiger partial charge in [-0.1, -0.05) is 6.92 Å². The number of hydrogen-bond donors (Lipinski definition) is 1. The van der Waals surface area contributed by atoms with Gasteiger partial charge >= 0.3 is 0 Å². The predicted molar refractivity (Wildman–Crippen MR) is 72.2 cm³/mol. The van der Waals surface area contributed by atoms with Gasteiger partial charge in [-0.25, -0.2) is 4.98 Å². The molecular formula is C12H17N7. The van der Waals surface area contributed by atoms with Crippen molar-refractivity contribution >= 4 is 11.9 Å². The van der Waals surface area contributed by atoms with Crippen molar-refractivity contribution in [1.29, 1.82) is 0 Å². The fourth-order valence-corrected chi connectivity index (χ4v) is 2.31. The second kappa shape index (κ2) is 4.83. The maximum atomic E-state index is 5.80. The molecule has 100 valence electrons. The van der Waals surface area contributed by atoms with Gasteiger partial charge in [0.15, 0.2) is 0 Å². The molecule has 1 aliphatic rings. The number of rotatable bonds is 3. The summed E-state index contributed by atoms with van der Waals surface area (Å²) in [5, 5.41) is 0. The van der Waals surface area contributed by atoms with Crippen LogP contribution in [0.2, 0.25) is 0 Å². The van der Waals surface area contributed by atoms with Crippen molar-refractivity contribution < 1.29 is 0 Å². The number of aromatic nitrogens is 5. The quantitative estimate of drug-likeness (QED) is 0.877. The number of nitrogens with two attached hydrogens (primary N) is 1. The first kappa shape index (κ1) is 11.9. The van der Waals surface area contributed by atoms with E-state index in [1.807, 2.05) is 17.7 Å². The Balaban J connectivity index is 2.02. The van der Waals surface area contributed by atoms with Gasteiger partial charge in [-0.05, 0) is 12.8 Å².